The molecule has 2 aromatic carbocycles. The van der Waals surface area contributed by atoms with Gasteiger partial charge in [0.15, 0.2) is 16.8 Å². The van der Waals surface area contributed by atoms with E-state index >= 15 is 0 Å². The van der Waals surface area contributed by atoms with Gasteiger partial charge in [0, 0.05) is 16.6 Å². The first-order valence-electron chi connectivity index (χ1n) is 8.69. The number of allylic oxidation sites excluding steroid dienone is 1. The molecular weight excluding hydrogens is 438 g/mol. The number of halogens is 1. The Morgan fingerprint density at radius 1 is 1.25 bits per heavy atom. The summed E-state index contributed by atoms with van der Waals surface area (Å²) in [6.07, 6.45) is 1.79. The number of thioether (sulfide) groups is 1. The molecule has 0 fully saturated rings. The summed E-state index contributed by atoms with van der Waals surface area (Å²) in [6.45, 7) is 6.25. The summed E-state index contributed by atoms with van der Waals surface area (Å²) in [5.41, 5.74) is 1.51. The topological polar surface area (TPSA) is 57.0 Å². The molecule has 0 saturated carbocycles. The van der Waals surface area contributed by atoms with Gasteiger partial charge in [-0.25, -0.2) is 0 Å². The van der Waals surface area contributed by atoms with E-state index < -0.39 is 0 Å². The summed E-state index contributed by atoms with van der Waals surface area (Å²) in [5, 5.41) is 9.05. The van der Waals surface area contributed by atoms with Gasteiger partial charge in [0.25, 0.3) is 0 Å². The van der Waals surface area contributed by atoms with E-state index in [1.165, 1.54) is 11.8 Å². The number of hydrogen-bond donors (Lipinski definition) is 0. The number of aromatic nitrogens is 3. The highest BCUT2D eigenvalue weighted by atomic mass is 79.9. The molecule has 5 nitrogen and oxygen atoms in total. The fourth-order valence-electron chi connectivity index (χ4n) is 2.76. The number of ketones is 1. The lowest BCUT2D eigenvalue weighted by atomic mass is 10.1. The summed E-state index contributed by atoms with van der Waals surface area (Å²) in [6, 6.07) is 15.0. The van der Waals surface area contributed by atoms with Crippen molar-refractivity contribution in [1.29, 1.82) is 0 Å². The van der Waals surface area contributed by atoms with Crippen molar-refractivity contribution in [3.63, 3.8) is 0 Å². The number of benzene rings is 2. The molecule has 3 rings (SSSR count). The monoisotopic (exact) mass is 457 g/mol. The van der Waals surface area contributed by atoms with Crippen LogP contribution < -0.4 is 4.74 Å². The van der Waals surface area contributed by atoms with Crippen molar-refractivity contribution in [2.24, 2.45) is 0 Å². The molecule has 0 N–H and O–H groups in total. The number of methoxy groups -OCH3 is 1. The largest absolute Gasteiger partial charge is 0.496 e. The van der Waals surface area contributed by atoms with Crippen molar-refractivity contribution in [2.45, 2.75) is 23.9 Å². The van der Waals surface area contributed by atoms with Crippen LogP contribution in [0.1, 0.15) is 17.3 Å². The second-order valence-electron chi connectivity index (χ2n) is 6.04. The molecule has 0 spiro atoms. The zero-order valence-corrected chi connectivity index (χ0v) is 18.0. The Bertz CT molecular complexity index is 986. The molecule has 0 bridgehead atoms. The van der Waals surface area contributed by atoms with Crippen LogP contribution in [-0.4, -0.2) is 32.9 Å². The summed E-state index contributed by atoms with van der Waals surface area (Å²) < 4.78 is 8.34. The van der Waals surface area contributed by atoms with Crippen LogP contribution in [0.25, 0.3) is 11.4 Å². The standard InChI is InChI=1S/C21H20BrN3O2S/c1-4-13-25-20(17-7-5-6-8-18(17)27-3)23-24-21(25)28-14(2)19(26)15-9-11-16(22)12-10-15/h4-12,14H,1,13H2,2-3H3. The molecule has 0 aliphatic rings. The molecule has 0 saturated heterocycles. The minimum atomic E-state index is -0.306. The van der Waals surface area contributed by atoms with Gasteiger partial charge in [0.2, 0.25) is 0 Å². The van der Waals surface area contributed by atoms with Crippen molar-refractivity contribution in [2.75, 3.05) is 7.11 Å². The molecule has 1 heterocycles. The molecule has 0 amide bonds. The first-order valence-corrected chi connectivity index (χ1v) is 10.4. The Kier molecular flexibility index (Phi) is 6.70. The first-order chi connectivity index (χ1) is 13.5. The number of nitrogens with zero attached hydrogens (tertiary/aromatic N) is 3. The average molecular weight is 458 g/mol. The third-order valence-electron chi connectivity index (χ3n) is 4.16. The normalized spacial score (nSPS) is 11.8. The first kappa shape index (κ1) is 20.4. The van der Waals surface area contributed by atoms with E-state index in [9.17, 15) is 4.79 Å². The molecule has 0 aliphatic heterocycles. The quantitative estimate of drug-likeness (QED) is 0.262. The third-order valence-corrected chi connectivity index (χ3v) is 5.77. The van der Waals surface area contributed by atoms with Gasteiger partial charge in [0.1, 0.15) is 5.75 Å². The maximum absolute atomic E-state index is 12.8. The smallest absolute Gasteiger partial charge is 0.192 e. The van der Waals surface area contributed by atoms with E-state index in [1.807, 2.05) is 60.0 Å². The fraction of sp³-hybridized carbons (Fsp3) is 0.190. The SMILES string of the molecule is C=CCn1c(SC(C)C(=O)c2ccc(Br)cc2)nnc1-c1ccccc1OC. The van der Waals surface area contributed by atoms with Crippen molar-refractivity contribution in [3.05, 3.63) is 71.2 Å². The van der Waals surface area contributed by atoms with Crippen molar-refractivity contribution in [1.82, 2.24) is 14.8 Å². The van der Waals surface area contributed by atoms with Crippen LogP contribution >= 0.6 is 27.7 Å². The highest BCUT2D eigenvalue weighted by Crippen LogP contribution is 2.32. The number of para-hydroxylation sites is 1. The van der Waals surface area contributed by atoms with E-state index in [1.54, 1.807) is 13.2 Å². The van der Waals surface area contributed by atoms with Crippen molar-refractivity contribution >= 4 is 33.5 Å². The molecule has 1 aromatic heterocycles. The molecule has 3 aromatic rings. The van der Waals surface area contributed by atoms with Crippen LogP contribution in [-0.2, 0) is 6.54 Å². The van der Waals surface area contributed by atoms with Crippen LogP contribution in [0.3, 0.4) is 0 Å². The summed E-state index contributed by atoms with van der Waals surface area (Å²) in [5.74, 6) is 1.45. The van der Waals surface area contributed by atoms with E-state index in [2.05, 4.69) is 32.7 Å². The molecule has 7 heteroatoms. The lowest BCUT2D eigenvalue weighted by Crippen LogP contribution is -2.14. The van der Waals surface area contributed by atoms with Crippen LogP contribution in [0, 0.1) is 0 Å². The average Bonchev–Trinajstić information content (AvgIpc) is 3.10. The number of carbonyl (C=O) groups excluding carboxylic acids is 1. The van der Waals surface area contributed by atoms with E-state index in [-0.39, 0.29) is 11.0 Å². The minimum Gasteiger partial charge on any atom is -0.496 e. The van der Waals surface area contributed by atoms with Gasteiger partial charge in [-0.05, 0) is 31.2 Å². The molecule has 28 heavy (non-hydrogen) atoms. The van der Waals surface area contributed by atoms with Gasteiger partial charge >= 0.3 is 0 Å². The highest BCUT2D eigenvalue weighted by Gasteiger charge is 2.22. The van der Waals surface area contributed by atoms with Crippen molar-refractivity contribution in [3.8, 4) is 17.1 Å². The second-order valence-corrected chi connectivity index (χ2v) is 8.26. The van der Waals surface area contributed by atoms with Gasteiger partial charge in [-0.3, -0.25) is 9.36 Å². The lowest BCUT2D eigenvalue weighted by Gasteiger charge is -2.13. The second kappa shape index (κ2) is 9.21. The molecule has 0 radical (unpaired) electrons. The zero-order valence-electron chi connectivity index (χ0n) is 15.6. The van der Waals surface area contributed by atoms with Gasteiger partial charge in [0.05, 0.1) is 17.9 Å². The third kappa shape index (κ3) is 4.36. The maximum atomic E-state index is 12.8. The molecular formula is C21H20BrN3O2S. The number of Topliss-reactive ketones (excluding diaryl/α,β-unsaturated/α-hetero) is 1. The number of ether oxygens (including phenoxy) is 1. The van der Waals surface area contributed by atoms with Crippen molar-refractivity contribution < 1.29 is 9.53 Å². The summed E-state index contributed by atoms with van der Waals surface area (Å²) in [7, 11) is 1.63. The summed E-state index contributed by atoms with van der Waals surface area (Å²) in [4.78, 5) is 12.8. The summed E-state index contributed by atoms with van der Waals surface area (Å²) >= 11 is 4.78. The van der Waals surface area contributed by atoms with Gasteiger partial charge in [-0.1, -0.05) is 58.0 Å². The van der Waals surface area contributed by atoms with Crippen LogP contribution in [0.5, 0.6) is 5.75 Å². The minimum absolute atomic E-state index is 0.0458. The Hall–Kier alpha value is -2.38. The number of carbonyl (C=O) groups is 1. The Morgan fingerprint density at radius 3 is 2.64 bits per heavy atom. The fourth-order valence-corrected chi connectivity index (χ4v) is 3.96. The van der Waals surface area contributed by atoms with Crippen LogP contribution in [0.4, 0.5) is 0 Å². The van der Waals surface area contributed by atoms with Gasteiger partial charge < -0.3 is 4.74 Å². The van der Waals surface area contributed by atoms with E-state index in [4.69, 9.17) is 4.74 Å². The Labute approximate surface area is 177 Å². The van der Waals surface area contributed by atoms with E-state index in [0.717, 1.165) is 15.8 Å². The lowest BCUT2D eigenvalue weighted by molar-refractivity contribution is 0.0994. The van der Waals surface area contributed by atoms with Gasteiger partial charge in [-0.2, -0.15) is 0 Å². The zero-order chi connectivity index (χ0) is 20.1. The number of hydrogen-bond acceptors (Lipinski definition) is 5. The molecule has 1 unspecified atom stereocenters. The molecule has 0 aliphatic carbocycles. The highest BCUT2D eigenvalue weighted by molar-refractivity contribution is 9.10. The predicted molar refractivity (Wildman–Crippen MR) is 116 cm³/mol. The van der Waals surface area contributed by atoms with Gasteiger partial charge in [-0.15, -0.1) is 16.8 Å². The predicted octanol–water partition coefficient (Wildman–Crippen LogP) is 5.27. The molecule has 144 valence electrons. The maximum Gasteiger partial charge on any atom is 0.192 e. The Morgan fingerprint density at radius 2 is 1.96 bits per heavy atom. The molecule has 1 atom stereocenters. The number of rotatable bonds is 8. The Balaban J connectivity index is 1.90. The van der Waals surface area contributed by atoms with E-state index in [0.29, 0.717) is 23.1 Å². The van der Waals surface area contributed by atoms with Crippen LogP contribution in [0.2, 0.25) is 0 Å². The van der Waals surface area contributed by atoms with Crippen LogP contribution in [0.15, 0.2) is 70.8 Å².